The van der Waals surface area contributed by atoms with Gasteiger partial charge in [0.2, 0.25) is 0 Å². The zero-order chi connectivity index (χ0) is 22.7. The Balaban J connectivity index is 1.61. The Bertz CT molecular complexity index is 1280. The summed E-state index contributed by atoms with van der Waals surface area (Å²) in [6.45, 7) is 1.53. The summed E-state index contributed by atoms with van der Waals surface area (Å²) in [4.78, 5) is 29.3. The number of hydrogen-bond acceptors (Lipinski definition) is 5. The minimum absolute atomic E-state index is 0.152. The molecule has 0 unspecified atom stereocenters. The first kappa shape index (κ1) is 21.7. The lowest BCUT2D eigenvalue weighted by Crippen LogP contribution is -2.15. The molecule has 1 aromatic heterocycles. The quantitative estimate of drug-likeness (QED) is 0.274. The van der Waals surface area contributed by atoms with E-state index in [1.54, 1.807) is 53.2 Å². The number of halogens is 2. The molecule has 0 saturated heterocycles. The van der Waals surface area contributed by atoms with Gasteiger partial charge in [-0.2, -0.15) is 0 Å². The predicted octanol–water partition coefficient (Wildman–Crippen LogP) is 5.59. The van der Waals surface area contributed by atoms with E-state index in [-0.39, 0.29) is 11.6 Å². The number of hydrogen-bond donors (Lipinski definition) is 0. The molecule has 0 bridgehead atoms. The van der Waals surface area contributed by atoms with Crippen LogP contribution < -0.4 is 0 Å². The van der Waals surface area contributed by atoms with E-state index in [4.69, 9.17) is 27.9 Å². The van der Waals surface area contributed by atoms with Gasteiger partial charge in [0, 0.05) is 21.2 Å². The fraction of sp³-hybridized carbons (Fsp3) is 0.0833. The van der Waals surface area contributed by atoms with E-state index in [1.165, 1.54) is 0 Å². The lowest BCUT2D eigenvalue weighted by Gasteiger charge is -2.06. The van der Waals surface area contributed by atoms with Crippen LogP contribution in [0.3, 0.4) is 0 Å². The van der Waals surface area contributed by atoms with Crippen LogP contribution >= 0.6 is 23.2 Å². The predicted molar refractivity (Wildman–Crippen MR) is 123 cm³/mol. The average molecular weight is 466 g/mol. The molecule has 0 atom stereocenters. The maximum absolute atomic E-state index is 12.6. The first-order valence-electron chi connectivity index (χ1n) is 9.66. The minimum Gasteiger partial charge on any atom is -0.451 e. The van der Waals surface area contributed by atoms with Crippen LogP contribution in [-0.2, 0) is 4.74 Å². The Morgan fingerprint density at radius 2 is 1.59 bits per heavy atom. The highest BCUT2D eigenvalue weighted by Crippen LogP contribution is 2.23. The van der Waals surface area contributed by atoms with Gasteiger partial charge < -0.3 is 4.74 Å². The summed E-state index contributed by atoms with van der Waals surface area (Å²) in [5, 5.41) is 5.43. The fourth-order valence-electron chi connectivity index (χ4n) is 3.05. The van der Waals surface area contributed by atoms with Gasteiger partial charge in [-0.15, -0.1) is 5.10 Å². The lowest BCUT2D eigenvalue weighted by atomic mass is 10.1. The first-order chi connectivity index (χ1) is 15.4. The van der Waals surface area contributed by atoms with Gasteiger partial charge in [0.1, 0.15) is 0 Å². The SMILES string of the molecule is Cc1cccc(-c2nc(C(=O)OCC(=O)c3ccc(Cl)cc3)nn2-c2ccc(Cl)cc2)c1. The Morgan fingerprint density at radius 1 is 0.938 bits per heavy atom. The molecule has 3 aromatic carbocycles. The molecule has 0 amide bonds. The van der Waals surface area contributed by atoms with Crippen molar-refractivity contribution >= 4 is 35.0 Å². The van der Waals surface area contributed by atoms with E-state index in [0.717, 1.165) is 11.1 Å². The molecule has 0 saturated carbocycles. The highest BCUT2D eigenvalue weighted by Gasteiger charge is 2.21. The van der Waals surface area contributed by atoms with Crippen molar-refractivity contribution in [2.24, 2.45) is 0 Å². The van der Waals surface area contributed by atoms with Crippen LogP contribution in [0.2, 0.25) is 10.0 Å². The number of rotatable bonds is 6. The largest absolute Gasteiger partial charge is 0.451 e. The zero-order valence-corrected chi connectivity index (χ0v) is 18.5. The number of carbonyl (C=O) groups excluding carboxylic acids is 2. The third-order valence-corrected chi connectivity index (χ3v) is 5.14. The van der Waals surface area contributed by atoms with Crippen LogP contribution in [0.25, 0.3) is 17.1 Å². The fourth-order valence-corrected chi connectivity index (χ4v) is 3.30. The molecule has 0 spiro atoms. The van der Waals surface area contributed by atoms with Gasteiger partial charge in [0.05, 0.1) is 5.69 Å². The third kappa shape index (κ3) is 4.88. The summed E-state index contributed by atoms with van der Waals surface area (Å²) < 4.78 is 6.72. The highest BCUT2D eigenvalue weighted by atomic mass is 35.5. The molecule has 0 aliphatic carbocycles. The minimum atomic E-state index is -0.797. The van der Waals surface area contributed by atoms with E-state index in [2.05, 4.69) is 10.1 Å². The topological polar surface area (TPSA) is 74.1 Å². The van der Waals surface area contributed by atoms with Crippen LogP contribution in [0.5, 0.6) is 0 Å². The van der Waals surface area contributed by atoms with E-state index in [1.807, 2.05) is 31.2 Å². The highest BCUT2D eigenvalue weighted by molar-refractivity contribution is 6.30. The van der Waals surface area contributed by atoms with Gasteiger partial charge in [-0.3, -0.25) is 4.79 Å². The number of benzene rings is 3. The summed E-state index contributed by atoms with van der Waals surface area (Å²) in [6, 6.07) is 21.0. The van der Waals surface area contributed by atoms with Gasteiger partial charge in [0.25, 0.3) is 5.82 Å². The standard InChI is InChI=1S/C24H17Cl2N3O3/c1-15-3-2-4-17(13-15)23-27-22(28-29(23)20-11-9-19(26)10-12-20)24(31)32-14-21(30)16-5-7-18(25)8-6-16/h2-13H,14H2,1H3. The number of ether oxygens (including phenoxy) is 1. The normalized spacial score (nSPS) is 10.7. The van der Waals surface area contributed by atoms with E-state index in [0.29, 0.717) is 27.1 Å². The van der Waals surface area contributed by atoms with E-state index in [9.17, 15) is 9.59 Å². The molecule has 0 aliphatic rings. The van der Waals surface area contributed by atoms with Crippen molar-refractivity contribution in [3.63, 3.8) is 0 Å². The molecular weight excluding hydrogens is 449 g/mol. The molecule has 0 N–H and O–H groups in total. The summed E-state index contributed by atoms with van der Waals surface area (Å²) in [6.07, 6.45) is 0. The van der Waals surface area contributed by atoms with Gasteiger partial charge in [0.15, 0.2) is 18.2 Å². The van der Waals surface area contributed by atoms with Crippen molar-refractivity contribution in [3.8, 4) is 17.1 Å². The maximum atomic E-state index is 12.6. The molecule has 32 heavy (non-hydrogen) atoms. The van der Waals surface area contributed by atoms with Crippen molar-refractivity contribution in [2.75, 3.05) is 6.61 Å². The monoisotopic (exact) mass is 465 g/mol. The number of ketones is 1. The number of aryl methyl sites for hydroxylation is 1. The Kier molecular flexibility index (Phi) is 6.35. The first-order valence-corrected chi connectivity index (χ1v) is 10.4. The molecule has 4 rings (SSSR count). The second-order valence-electron chi connectivity index (χ2n) is 7.02. The van der Waals surface area contributed by atoms with Gasteiger partial charge >= 0.3 is 5.97 Å². The number of Topliss-reactive ketones (excluding diaryl/α,β-unsaturated/α-hetero) is 1. The summed E-state index contributed by atoms with van der Waals surface area (Å²) >= 11 is 11.8. The second kappa shape index (κ2) is 9.34. The van der Waals surface area contributed by atoms with Crippen LogP contribution in [0.4, 0.5) is 0 Å². The summed E-state index contributed by atoms with van der Waals surface area (Å²) in [5.41, 5.74) is 2.88. The summed E-state index contributed by atoms with van der Waals surface area (Å²) in [7, 11) is 0. The number of nitrogens with zero attached hydrogens (tertiary/aromatic N) is 3. The third-order valence-electron chi connectivity index (χ3n) is 4.64. The molecule has 6 nitrogen and oxygen atoms in total. The van der Waals surface area contributed by atoms with E-state index >= 15 is 0 Å². The zero-order valence-electron chi connectivity index (χ0n) is 17.0. The van der Waals surface area contributed by atoms with Crippen LogP contribution in [0.15, 0.2) is 72.8 Å². The van der Waals surface area contributed by atoms with Gasteiger partial charge in [-0.05, 0) is 61.5 Å². The van der Waals surface area contributed by atoms with Gasteiger partial charge in [-0.1, -0.05) is 47.0 Å². The van der Waals surface area contributed by atoms with Crippen molar-refractivity contribution in [1.29, 1.82) is 0 Å². The van der Waals surface area contributed by atoms with Crippen molar-refractivity contribution in [3.05, 3.63) is 99.8 Å². The van der Waals surface area contributed by atoms with Crippen LogP contribution in [0.1, 0.15) is 26.5 Å². The molecule has 160 valence electrons. The molecule has 0 aliphatic heterocycles. The van der Waals surface area contributed by atoms with E-state index < -0.39 is 12.6 Å². The Hall–Kier alpha value is -3.48. The van der Waals surface area contributed by atoms with Crippen molar-refractivity contribution in [2.45, 2.75) is 6.92 Å². The molecule has 0 fully saturated rings. The molecular formula is C24H17Cl2N3O3. The lowest BCUT2D eigenvalue weighted by molar-refractivity contribution is 0.0462. The molecule has 8 heteroatoms. The average Bonchev–Trinajstić information content (AvgIpc) is 3.24. The van der Waals surface area contributed by atoms with Crippen molar-refractivity contribution < 1.29 is 14.3 Å². The number of aromatic nitrogens is 3. The smallest absolute Gasteiger partial charge is 0.378 e. The second-order valence-corrected chi connectivity index (χ2v) is 7.90. The molecule has 0 radical (unpaired) electrons. The van der Waals surface area contributed by atoms with Crippen LogP contribution in [0, 0.1) is 6.92 Å². The number of esters is 1. The number of carbonyl (C=O) groups is 2. The maximum Gasteiger partial charge on any atom is 0.378 e. The van der Waals surface area contributed by atoms with Crippen molar-refractivity contribution in [1.82, 2.24) is 14.8 Å². The molecule has 1 heterocycles. The van der Waals surface area contributed by atoms with Crippen LogP contribution in [-0.4, -0.2) is 33.1 Å². The Morgan fingerprint density at radius 3 is 2.25 bits per heavy atom. The molecule has 4 aromatic rings. The Labute approximate surface area is 194 Å². The summed E-state index contributed by atoms with van der Waals surface area (Å²) in [5.74, 6) is -0.840. The van der Waals surface area contributed by atoms with Gasteiger partial charge in [-0.25, -0.2) is 14.5 Å².